The van der Waals surface area contributed by atoms with Crippen LogP contribution >= 0.6 is 23.2 Å². The number of rotatable bonds is 5. The molecule has 0 aliphatic carbocycles. The third-order valence-corrected chi connectivity index (χ3v) is 3.98. The number of hydrogen-bond donors (Lipinski definition) is 1. The number of hydrogen-bond acceptors (Lipinski definition) is 4. The van der Waals surface area contributed by atoms with Crippen LogP contribution in [0.5, 0.6) is 0 Å². The van der Waals surface area contributed by atoms with E-state index in [2.05, 4.69) is 24.0 Å². The molecule has 1 aromatic heterocycles. The molecular weight excluding hydrogens is 297 g/mol. The fourth-order valence-corrected chi connectivity index (χ4v) is 2.28. The van der Waals surface area contributed by atoms with Crippen LogP contribution in [0.1, 0.15) is 43.6 Å². The van der Waals surface area contributed by atoms with E-state index in [0.29, 0.717) is 34.1 Å². The van der Waals surface area contributed by atoms with Crippen LogP contribution in [-0.2, 0) is 6.42 Å². The molecule has 0 aliphatic heterocycles. The minimum absolute atomic E-state index is 0.234. The highest BCUT2D eigenvalue weighted by molar-refractivity contribution is 6.35. The van der Waals surface area contributed by atoms with Crippen molar-refractivity contribution in [3.8, 4) is 0 Å². The van der Waals surface area contributed by atoms with Crippen LogP contribution in [0.4, 0.5) is 0 Å². The van der Waals surface area contributed by atoms with Crippen LogP contribution in [0, 0.1) is 5.92 Å². The van der Waals surface area contributed by atoms with Gasteiger partial charge in [-0.3, -0.25) is 0 Å². The van der Waals surface area contributed by atoms with Gasteiger partial charge in [-0.1, -0.05) is 54.7 Å². The van der Waals surface area contributed by atoms with E-state index in [1.165, 1.54) is 0 Å². The first-order chi connectivity index (χ1) is 9.51. The lowest BCUT2D eigenvalue weighted by molar-refractivity contribution is 0.310. The highest BCUT2D eigenvalue weighted by Gasteiger charge is 2.20. The molecule has 2 aromatic rings. The summed E-state index contributed by atoms with van der Waals surface area (Å²) in [4.78, 5) is 4.34. The van der Waals surface area contributed by atoms with Crippen molar-refractivity contribution < 1.29 is 4.52 Å². The van der Waals surface area contributed by atoms with Crippen LogP contribution < -0.4 is 5.73 Å². The minimum Gasteiger partial charge on any atom is -0.338 e. The van der Waals surface area contributed by atoms with E-state index in [4.69, 9.17) is 33.5 Å². The number of nitrogens with zero attached hydrogens (tertiary/aromatic N) is 2. The SMILES string of the molecule is CC[C@H](C)[C@H](N)c1nc(Cc2ccc(Cl)cc2Cl)no1. The molecule has 0 bridgehead atoms. The fourth-order valence-electron chi connectivity index (χ4n) is 1.81. The van der Waals surface area contributed by atoms with Gasteiger partial charge in [0.25, 0.3) is 0 Å². The van der Waals surface area contributed by atoms with Crippen LogP contribution in [0.3, 0.4) is 0 Å². The Morgan fingerprint density at radius 2 is 2.10 bits per heavy atom. The second kappa shape index (κ2) is 6.57. The fraction of sp³-hybridized carbons (Fsp3) is 0.429. The molecular formula is C14H17Cl2N3O. The maximum Gasteiger partial charge on any atom is 0.243 e. The van der Waals surface area contributed by atoms with E-state index in [1.807, 2.05) is 6.07 Å². The van der Waals surface area contributed by atoms with E-state index < -0.39 is 0 Å². The van der Waals surface area contributed by atoms with Gasteiger partial charge in [-0.15, -0.1) is 0 Å². The summed E-state index contributed by atoms with van der Waals surface area (Å²) in [6, 6.07) is 5.11. The molecule has 0 fully saturated rings. The topological polar surface area (TPSA) is 64.9 Å². The predicted octanol–water partition coefficient (Wildman–Crippen LogP) is 4.01. The Morgan fingerprint density at radius 1 is 1.35 bits per heavy atom. The van der Waals surface area contributed by atoms with Crippen molar-refractivity contribution in [3.63, 3.8) is 0 Å². The molecule has 0 aliphatic rings. The first-order valence-electron chi connectivity index (χ1n) is 6.53. The zero-order chi connectivity index (χ0) is 14.7. The number of aromatic nitrogens is 2. The summed E-state index contributed by atoms with van der Waals surface area (Å²) >= 11 is 12.0. The molecule has 0 amide bonds. The number of halogens is 2. The lowest BCUT2D eigenvalue weighted by Crippen LogP contribution is -2.18. The minimum atomic E-state index is -0.234. The molecule has 0 saturated heterocycles. The molecule has 20 heavy (non-hydrogen) atoms. The van der Waals surface area contributed by atoms with Crippen LogP contribution in [-0.4, -0.2) is 10.1 Å². The second-order valence-electron chi connectivity index (χ2n) is 4.87. The average molecular weight is 314 g/mol. The number of benzene rings is 1. The molecule has 2 rings (SSSR count). The van der Waals surface area contributed by atoms with Gasteiger partial charge in [0.05, 0.1) is 6.04 Å². The van der Waals surface area contributed by atoms with Crippen LogP contribution in [0.15, 0.2) is 22.7 Å². The highest BCUT2D eigenvalue weighted by Crippen LogP contribution is 2.24. The van der Waals surface area contributed by atoms with E-state index in [-0.39, 0.29) is 6.04 Å². The molecule has 1 aromatic carbocycles. The third kappa shape index (κ3) is 3.51. The average Bonchev–Trinajstić information content (AvgIpc) is 2.88. The molecule has 1 heterocycles. The molecule has 0 saturated carbocycles. The lowest BCUT2D eigenvalue weighted by atomic mass is 10.0. The summed E-state index contributed by atoms with van der Waals surface area (Å²) in [5, 5.41) is 5.15. The van der Waals surface area contributed by atoms with E-state index in [1.54, 1.807) is 12.1 Å². The molecule has 0 spiro atoms. The summed E-state index contributed by atoms with van der Waals surface area (Å²) < 4.78 is 5.23. The van der Waals surface area contributed by atoms with Crippen molar-refractivity contribution in [2.75, 3.05) is 0 Å². The Morgan fingerprint density at radius 3 is 2.75 bits per heavy atom. The maximum atomic E-state index is 6.13. The van der Waals surface area contributed by atoms with Crippen molar-refractivity contribution in [1.29, 1.82) is 0 Å². The Balaban J connectivity index is 2.13. The van der Waals surface area contributed by atoms with Crippen molar-refractivity contribution in [2.45, 2.75) is 32.7 Å². The largest absolute Gasteiger partial charge is 0.338 e. The zero-order valence-electron chi connectivity index (χ0n) is 11.4. The predicted molar refractivity (Wildman–Crippen MR) is 79.9 cm³/mol. The van der Waals surface area contributed by atoms with Crippen molar-refractivity contribution in [2.24, 2.45) is 11.7 Å². The second-order valence-corrected chi connectivity index (χ2v) is 5.72. The molecule has 2 N–H and O–H groups in total. The van der Waals surface area contributed by atoms with Gasteiger partial charge in [-0.05, 0) is 23.6 Å². The van der Waals surface area contributed by atoms with Gasteiger partial charge >= 0.3 is 0 Å². The summed E-state index contributed by atoms with van der Waals surface area (Å²) in [5.41, 5.74) is 6.97. The normalized spacial score (nSPS) is 14.2. The Hall–Kier alpha value is -1.10. The van der Waals surface area contributed by atoms with Crippen LogP contribution in [0.25, 0.3) is 0 Å². The van der Waals surface area contributed by atoms with Crippen molar-refractivity contribution in [1.82, 2.24) is 10.1 Å². The van der Waals surface area contributed by atoms with Gasteiger partial charge in [0.1, 0.15) is 0 Å². The first kappa shape index (κ1) is 15.3. The van der Waals surface area contributed by atoms with E-state index >= 15 is 0 Å². The number of nitrogens with two attached hydrogens (primary N) is 1. The standard InChI is InChI=1S/C14H17Cl2N3O/c1-3-8(2)13(17)14-18-12(19-20-14)6-9-4-5-10(15)7-11(9)16/h4-5,7-8,13H,3,6,17H2,1-2H3/t8-,13-/m0/s1. The summed E-state index contributed by atoms with van der Waals surface area (Å²) in [6.07, 6.45) is 1.45. The van der Waals surface area contributed by atoms with Crippen LogP contribution in [0.2, 0.25) is 10.0 Å². The monoisotopic (exact) mass is 313 g/mol. The third-order valence-electron chi connectivity index (χ3n) is 3.39. The Labute approximate surface area is 128 Å². The molecule has 0 radical (unpaired) electrons. The zero-order valence-corrected chi connectivity index (χ0v) is 12.9. The summed E-state index contributed by atoms with van der Waals surface area (Å²) in [6.45, 7) is 4.14. The van der Waals surface area contributed by atoms with Crippen molar-refractivity contribution >= 4 is 23.2 Å². The summed E-state index contributed by atoms with van der Waals surface area (Å²) in [5.74, 6) is 1.34. The Kier molecular flexibility index (Phi) is 5.02. The van der Waals surface area contributed by atoms with Gasteiger partial charge < -0.3 is 10.3 Å². The van der Waals surface area contributed by atoms with Gasteiger partial charge in [0.2, 0.25) is 5.89 Å². The molecule has 108 valence electrons. The van der Waals surface area contributed by atoms with E-state index in [0.717, 1.165) is 12.0 Å². The molecule has 4 nitrogen and oxygen atoms in total. The molecule has 2 atom stereocenters. The van der Waals surface area contributed by atoms with E-state index in [9.17, 15) is 0 Å². The smallest absolute Gasteiger partial charge is 0.243 e. The van der Waals surface area contributed by atoms with Gasteiger partial charge in [-0.2, -0.15) is 4.98 Å². The van der Waals surface area contributed by atoms with Gasteiger partial charge in [0, 0.05) is 16.5 Å². The first-order valence-corrected chi connectivity index (χ1v) is 7.28. The maximum absolute atomic E-state index is 6.13. The van der Waals surface area contributed by atoms with Gasteiger partial charge in [0.15, 0.2) is 5.82 Å². The summed E-state index contributed by atoms with van der Waals surface area (Å²) in [7, 11) is 0. The quantitative estimate of drug-likeness (QED) is 0.905. The van der Waals surface area contributed by atoms with Crippen molar-refractivity contribution in [3.05, 3.63) is 45.5 Å². The Bertz CT molecular complexity index is 586. The highest BCUT2D eigenvalue weighted by atomic mass is 35.5. The molecule has 0 unspecified atom stereocenters. The van der Waals surface area contributed by atoms with Gasteiger partial charge in [-0.25, -0.2) is 0 Å². The lowest BCUT2D eigenvalue weighted by Gasteiger charge is -2.12. The molecule has 6 heteroatoms.